The van der Waals surface area contributed by atoms with Crippen molar-refractivity contribution in [3.63, 3.8) is 0 Å². The number of carbonyl (C=O) groups excluding carboxylic acids is 4. The summed E-state index contributed by atoms with van der Waals surface area (Å²) in [4.78, 5) is 52.1. The lowest BCUT2D eigenvalue weighted by molar-refractivity contribution is -0.120. The van der Waals surface area contributed by atoms with E-state index in [0.29, 0.717) is 22.0 Å². The van der Waals surface area contributed by atoms with E-state index in [1.54, 1.807) is 56.3 Å². The van der Waals surface area contributed by atoms with Crippen LogP contribution in [0.5, 0.6) is 5.75 Å². The first-order valence-corrected chi connectivity index (χ1v) is 12.5. The minimum absolute atomic E-state index is 0.141. The van der Waals surface area contributed by atoms with E-state index in [2.05, 4.69) is 10.6 Å². The van der Waals surface area contributed by atoms with Gasteiger partial charge in [0.15, 0.2) is 0 Å². The molecule has 11 heteroatoms. The van der Waals surface area contributed by atoms with Crippen molar-refractivity contribution in [1.82, 2.24) is 0 Å². The fraction of sp³-hybridized carbons (Fsp3) is 0.143. The average Bonchev–Trinajstić information content (AvgIpc) is 3.11. The predicted molar refractivity (Wildman–Crippen MR) is 148 cm³/mol. The molecule has 0 unspecified atom stereocenters. The Balaban J connectivity index is 1.52. The summed E-state index contributed by atoms with van der Waals surface area (Å²) in [6, 6.07) is 17.1. The third kappa shape index (κ3) is 6.05. The number of amides is 3. The molecular weight excluding hydrogens is 545 g/mol. The monoisotopic (exact) mass is 567 g/mol. The molecule has 39 heavy (non-hydrogen) atoms. The zero-order chi connectivity index (χ0) is 28.3. The number of nitrogens with zero attached hydrogens (tertiary/aromatic N) is 1. The predicted octanol–water partition coefficient (Wildman–Crippen LogP) is 5.60. The topological polar surface area (TPSA) is 114 Å². The fourth-order valence-electron chi connectivity index (χ4n) is 3.76. The lowest BCUT2D eigenvalue weighted by atomic mass is 10.1. The third-order valence-corrected chi connectivity index (χ3v) is 6.09. The Morgan fingerprint density at radius 3 is 2.23 bits per heavy atom. The van der Waals surface area contributed by atoms with Gasteiger partial charge >= 0.3 is 5.97 Å². The van der Waals surface area contributed by atoms with Crippen LogP contribution < -0.4 is 20.3 Å². The van der Waals surface area contributed by atoms with Crippen LogP contribution in [0.3, 0.4) is 0 Å². The molecule has 0 radical (unpaired) electrons. The number of nitrogens with one attached hydrogen (secondary N) is 2. The Hall–Kier alpha value is -4.34. The van der Waals surface area contributed by atoms with Crippen LogP contribution in [0.15, 0.2) is 77.5 Å². The minimum Gasteiger partial charge on any atom is -0.495 e. The molecule has 200 valence electrons. The van der Waals surface area contributed by atoms with E-state index in [9.17, 15) is 19.2 Å². The normalized spacial score (nSPS) is 13.1. The number of methoxy groups -OCH3 is 1. The molecule has 3 aromatic rings. The van der Waals surface area contributed by atoms with Gasteiger partial charge in [-0.2, -0.15) is 0 Å². The second-order valence-corrected chi connectivity index (χ2v) is 9.46. The molecule has 0 atom stereocenters. The van der Waals surface area contributed by atoms with Crippen molar-refractivity contribution >= 4 is 64.0 Å². The van der Waals surface area contributed by atoms with Crippen molar-refractivity contribution in [2.45, 2.75) is 20.0 Å². The number of anilines is 3. The molecule has 1 heterocycles. The molecule has 0 aromatic heterocycles. The van der Waals surface area contributed by atoms with E-state index in [-0.39, 0.29) is 33.8 Å². The highest BCUT2D eigenvalue weighted by Gasteiger charge is 2.40. The fourth-order valence-corrected chi connectivity index (χ4v) is 4.14. The van der Waals surface area contributed by atoms with E-state index in [1.807, 2.05) is 0 Å². The zero-order valence-electron chi connectivity index (χ0n) is 21.1. The van der Waals surface area contributed by atoms with E-state index < -0.39 is 23.7 Å². The highest BCUT2D eigenvalue weighted by atomic mass is 35.5. The van der Waals surface area contributed by atoms with Crippen molar-refractivity contribution in [2.24, 2.45) is 0 Å². The lowest BCUT2D eigenvalue weighted by Crippen LogP contribution is -2.32. The molecule has 0 bridgehead atoms. The van der Waals surface area contributed by atoms with E-state index in [1.165, 1.54) is 31.4 Å². The van der Waals surface area contributed by atoms with Crippen molar-refractivity contribution < 1.29 is 28.7 Å². The minimum atomic E-state index is -0.755. The maximum Gasteiger partial charge on any atom is 0.338 e. The van der Waals surface area contributed by atoms with Gasteiger partial charge in [-0.25, -0.2) is 9.69 Å². The van der Waals surface area contributed by atoms with Gasteiger partial charge in [-0.3, -0.25) is 14.4 Å². The Labute approximate surface area is 234 Å². The number of imide groups is 1. The summed E-state index contributed by atoms with van der Waals surface area (Å²) in [7, 11) is 1.40. The van der Waals surface area contributed by atoms with Gasteiger partial charge in [0.25, 0.3) is 17.7 Å². The summed E-state index contributed by atoms with van der Waals surface area (Å²) in [5.41, 5.74) is 1.25. The summed E-state index contributed by atoms with van der Waals surface area (Å²) in [6.07, 6.45) is -0.281. The zero-order valence-corrected chi connectivity index (χ0v) is 22.6. The number of rotatable bonds is 8. The molecule has 0 aliphatic carbocycles. The van der Waals surface area contributed by atoms with Crippen LogP contribution in [-0.2, 0) is 14.3 Å². The number of esters is 1. The van der Waals surface area contributed by atoms with Crippen LogP contribution >= 0.6 is 23.2 Å². The molecular formula is C28H23Cl2N3O6. The van der Waals surface area contributed by atoms with Crippen LogP contribution in [0.1, 0.15) is 34.6 Å². The van der Waals surface area contributed by atoms with Gasteiger partial charge in [-0.05, 0) is 68.4 Å². The number of hydrogen-bond donors (Lipinski definition) is 2. The standard InChI is InChI=1S/C28H23Cl2N3O6/c1-15(2)39-28(37)17-7-5-9-20(13-17)32-25(34)16-6-4-8-19(12-16)31-24-23(30)26(35)33(27(24)36)21-14-18(29)10-11-22(21)38-3/h4-15,31H,1-3H3,(H,32,34). The number of carbonyl (C=O) groups is 4. The van der Waals surface area contributed by atoms with Gasteiger partial charge in [0.05, 0.1) is 24.5 Å². The van der Waals surface area contributed by atoms with Gasteiger partial charge in [0.2, 0.25) is 0 Å². The highest BCUT2D eigenvalue weighted by molar-refractivity contribution is 6.53. The summed E-state index contributed by atoms with van der Waals surface area (Å²) in [6.45, 7) is 3.49. The molecule has 0 fully saturated rings. The number of benzene rings is 3. The summed E-state index contributed by atoms with van der Waals surface area (Å²) in [5, 5.41) is 5.54. The van der Waals surface area contributed by atoms with Crippen molar-refractivity contribution in [1.29, 1.82) is 0 Å². The molecule has 2 N–H and O–H groups in total. The maximum absolute atomic E-state index is 13.2. The molecule has 4 rings (SSSR count). The third-order valence-electron chi connectivity index (χ3n) is 5.50. The van der Waals surface area contributed by atoms with Crippen LogP contribution in [0.2, 0.25) is 5.02 Å². The largest absolute Gasteiger partial charge is 0.495 e. The smallest absolute Gasteiger partial charge is 0.338 e. The Morgan fingerprint density at radius 1 is 0.872 bits per heavy atom. The highest BCUT2D eigenvalue weighted by Crippen LogP contribution is 2.37. The molecule has 3 aromatic carbocycles. The van der Waals surface area contributed by atoms with Gasteiger partial charge in [0, 0.05) is 22.0 Å². The van der Waals surface area contributed by atoms with Crippen molar-refractivity contribution in [3.8, 4) is 5.75 Å². The van der Waals surface area contributed by atoms with Gasteiger partial charge in [0.1, 0.15) is 16.5 Å². The molecule has 9 nitrogen and oxygen atoms in total. The average molecular weight is 568 g/mol. The maximum atomic E-state index is 13.2. The SMILES string of the molecule is COc1ccc(Cl)cc1N1C(=O)C(Cl)=C(Nc2cccc(C(=O)Nc3cccc(C(=O)OC(C)C)c3)c2)C1=O. The van der Waals surface area contributed by atoms with E-state index in [0.717, 1.165) is 4.90 Å². The van der Waals surface area contributed by atoms with E-state index in [4.69, 9.17) is 32.7 Å². The molecule has 0 spiro atoms. The summed E-state index contributed by atoms with van der Waals surface area (Å²) < 4.78 is 10.5. The van der Waals surface area contributed by atoms with Gasteiger partial charge < -0.3 is 20.1 Å². The Morgan fingerprint density at radius 2 is 1.54 bits per heavy atom. The van der Waals surface area contributed by atoms with E-state index >= 15 is 0 Å². The quantitative estimate of drug-likeness (QED) is 0.269. The van der Waals surface area contributed by atoms with Crippen LogP contribution in [0.25, 0.3) is 0 Å². The number of hydrogen-bond acceptors (Lipinski definition) is 7. The molecule has 0 saturated carbocycles. The summed E-state index contributed by atoms with van der Waals surface area (Å²) in [5.74, 6) is -2.18. The van der Waals surface area contributed by atoms with Crippen LogP contribution in [0.4, 0.5) is 17.1 Å². The number of halogens is 2. The first kappa shape index (κ1) is 27.7. The Kier molecular flexibility index (Phi) is 8.23. The molecule has 1 aliphatic heterocycles. The van der Waals surface area contributed by atoms with Gasteiger partial charge in [-0.15, -0.1) is 0 Å². The first-order chi connectivity index (χ1) is 18.6. The molecule has 1 aliphatic rings. The summed E-state index contributed by atoms with van der Waals surface area (Å²) >= 11 is 12.3. The number of ether oxygens (including phenoxy) is 2. The first-order valence-electron chi connectivity index (χ1n) is 11.7. The molecule has 0 saturated heterocycles. The van der Waals surface area contributed by atoms with Crippen molar-refractivity contribution in [3.05, 3.63) is 93.6 Å². The molecule has 3 amide bonds. The lowest BCUT2D eigenvalue weighted by Gasteiger charge is -2.18. The van der Waals surface area contributed by atoms with Gasteiger partial charge in [-0.1, -0.05) is 35.3 Å². The second kappa shape index (κ2) is 11.6. The Bertz CT molecular complexity index is 1520. The van der Waals surface area contributed by atoms with Crippen LogP contribution in [0, 0.1) is 0 Å². The van der Waals surface area contributed by atoms with Crippen LogP contribution in [-0.4, -0.2) is 36.9 Å². The second-order valence-electron chi connectivity index (χ2n) is 8.65. The van der Waals surface area contributed by atoms with Crippen molar-refractivity contribution in [2.75, 3.05) is 22.6 Å².